The minimum Gasteiger partial charge on any atom is -0.456 e. The lowest BCUT2D eigenvalue weighted by Gasteiger charge is -2.13. The van der Waals surface area contributed by atoms with E-state index in [-0.39, 0.29) is 0 Å². The van der Waals surface area contributed by atoms with Crippen LogP contribution in [0, 0.1) is 0 Å². The molecule has 0 aliphatic heterocycles. The van der Waals surface area contributed by atoms with Gasteiger partial charge < -0.3 is 8.98 Å². The van der Waals surface area contributed by atoms with Crippen molar-refractivity contribution >= 4 is 235 Å². The summed E-state index contributed by atoms with van der Waals surface area (Å²) < 4.78 is 25.8. The van der Waals surface area contributed by atoms with Crippen molar-refractivity contribution in [2.45, 2.75) is 0 Å². The van der Waals surface area contributed by atoms with Crippen molar-refractivity contribution in [3.63, 3.8) is 0 Å². The number of aromatic nitrogens is 10. The molecule has 15 heteroatoms. The van der Waals surface area contributed by atoms with Gasteiger partial charge in [-0.3, -0.25) is 13.7 Å². The molecule has 147 heavy (non-hydrogen) atoms. The van der Waals surface area contributed by atoms with Gasteiger partial charge in [-0.2, -0.15) is 0 Å². The lowest BCUT2D eigenvalue weighted by atomic mass is 10.0. The first kappa shape index (κ1) is 84.2. The molecule has 0 amide bonds. The number of rotatable bonds is 11. The van der Waals surface area contributed by atoms with Gasteiger partial charge in [0, 0.05) is 192 Å². The van der Waals surface area contributed by atoms with Gasteiger partial charge in [-0.25, -0.2) is 29.9 Å². The molecular formula is C132H78N10OS4. The van der Waals surface area contributed by atoms with E-state index in [4.69, 9.17) is 34.3 Å². The van der Waals surface area contributed by atoms with Crippen LogP contribution in [0.4, 0.5) is 0 Å². The van der Waals surface area contributed by atoms with E-state index in [1.54, 1.807) is 0 Å². The van der Waals surface area contributed by atoms with Gasteiger partial charge in [-0.15, -0.1) is 45.3 Å². The van der Waals surface area contributed by atoms with E-state index in [1.807, 2.05) is 69.6 Å². The maximum Gasteiger partial charge on any atom is 0.162 e. The predicted octanol–water partition coefficient (Wildman–Crippen LogP) is 36.9. The van der Waals surface area contributed by atoms with Crippen LogP contribution in [0.15, 0.2) is 478 Å². The second-order valence-corrected chi connectivity index (χ2v) is 41.7. The fourth-order valence-corrected chi connectivity index (χ4v) is 26.8. The molecule has 0 fully saturated rings. The van der Waals surface area contributed by atoms with Crippen LogP contribution < -0.4 is 0 Å². The van der Waals surface area contributed by atoms with Crippen LogP contribution in [0.25, 0.3) is 292 Å². The Hall–Kier alpha value is -18.5. The van der Waals surface area contributed by atoms with Gasteiger partial charge >= 0.3 is 0 Å². The third kappa shape index (κ3) is 13.9. The molecule has 0 spiro atoms. The summed E-state index contributed by atoms with van der Waals surface area (Å²) in [6.45, 7) is 0. The number of hydrogen-bond donors (Lipinski definition) is 0. The van der Waals surface area contributed by atoms with Gasteiger partial charge in [-0.1, -0.05) is 328 Å². The molecule has 0 radical (unpaired) electrons. The Bertz CT molecular complexity index is 11000. The largest absolute Gasteiger partial charge is 0.456 e. The molecule has 32 aromatic rings. The highest BCUT2D eigenvalue weighted by Gasteiger charge is 2.28. The number of thiophene rings is 4. The smallest absolute Gasteiger partial charge is 0.162 e. The summed E-state index contributed by atoms with van der Waals surface area (Å²) in [4.78, 5) is 31.9. The minimum absolute atomic E-state index is 0.698. The highest BCUT2D eigenvalue weighted by atomic mass is 32.1. The van der Waals surface area contributed by atoms with Crippen LogP contribution in [0.5, 0.6) is 0 Å². The average molecular weight is 1950 g/mol. The maximum absolute atomic E-state index is 6.30. The van der Waals surface area contributed by atoms with E-state index in [0.29, 0.717) is 11.6 Å². The summed E-state index contributed by atoms with van der Waals surface area (Å²) >= 11 is 7.31. The van der Waals surface area contributed by atoms with Crippen molar-refractivity contribution in [1.29, 1.82) is 0 Å². The Labute approximate surface area is 856 Å². The fraction of sp³-hybridized carbons (Fsp3) is 0. The third-order valence-electron chi connectivity index (χ3n) is 29.0. The first-order valence-corrected chi connectivity index (χ1v) is 52.5. The highest BCUT2D eigenvalue weighted by molar-refractivity contribution is 7.27. The molecule has 20 aromatic carbocycles. The second kappa shape index (κ2) is 34.1. The van der Waals surface area contributed by atoms with E-state index in [1.165, 1.54) is 135 Å². The van der Waals surface area contributed by atoms with Crippen molar-refractivity contribution < 1.29 is 4.42 Å². The van der Waals surface area contributed by atoms with Crippen molar-refractivity contribution in [3.05, 3.63) is 473 Å². The van der Waals surface area contributed by atoms with Crippen LogP contribution >= 0.6 is 45.3 Å². The van der Waals surface area contributed by atoms with E-state index >= 15 is 0 Å². The summed E-state index contributed by atoms with van der Waals surface area (Å²) in [5, 5.41) is 21.8. The Kier molecular flexibility index (Phi) is 19.6. The monoisotopic (exact) mass is 1950 g/mol. The number of furan rings is 1. The zero-order chi connectivity index (χ0) is 96.4. The van der Waals surface area contributed by atoms with E-state index < -0.39 is 0 Å². The molecule has 686 valence electrons. The number of fused-ring (bicyclic) bond motifs is 28. The van der Waals surface area contributed by atoms with Crippen molar-refractivity contribution in [2.24, 2.45) is 0 Å². The maximum atomic E-state index is 6.30. The standard InChI is InChI=1S/C46H28N4S.C46H27N3S2.C40H23N3OS/c1-3-13-29(14-4-1)37-28-43(48-46(47-37)30-23-24-34-33-18-9-12-22-41(33)51-42(34)27-30)50-39-21-11-8-19-36(39)44-40(50)26-25-35-32-17-7-10-20-38(32)49(45(35)44)31-15-5-2-6-16-31;1-2-11-28(12-3-1)29-21-23-30(24-22-29)37-27-44(48-46(47-37)34-16-10-20-42-45(34)33-15-6-9-19-41(33)50-42)49-38-17-7-4-13-31(38)35-26-43-36(25-39(35)49)32-14-5-8-18-40(32)51-43;1-2-10-24(11-3-1)32-23-39(42-40(41-32)25-18-19-38-31(20-25)28-14-6-9-17-37(28)45-38)43-33-15-7-4-12-26(33)29-22-36-30(21-34(29)43)27-13-5-8-16-35(27)44-36/h1-28H;1-27H;1-23H. The first-order chi connectivity index (χ1) is 72.8. The quantitative estimate of drug-likeness (QED) is 0.127. The number of para-hydroxylation sites is 6. The average Bonchev–Trinajstić information content (AvgIpc) is 1.54. The van der Waals surface area contributed by atoms with Gasteiger partial charge in [0.2, 0.25) is 0 Å². The zero-order valence-corrected chi connectivity index (χ0v) is 81.8. The van der Waals surface area contributed by atoms with E-state index in [2.05, 4.69) is 467 Å². The van der Waals surface area contributed by atoms with Gasteiger partial charge in [0.15, 0.2) is 17.5 Å². The molecular weight excluding hydrogens is 1870 g/mol. The van der Waals surface area contributed by atoms with Crippen molar-refractivity contribution in [2.75, 3.05) is 0 Å². The van der Waals surface area contributed by atoms with E-state index in [9.17, 15) is 0 Å². The van der Waals surface area contributed by atoms with Crippen LogP contribution in [-0.4, -0.2) is 48.2 Å². The summed E-state index contributed by atoms with van der Waals surface area (Å²) in [6, 6.07) is 168. The molecule has 0 saturated heterocycles. The molecule has 0 aliphatic rings. The molecule has 0 saturated carbocycles. The molecule has 0 N–H and O–H groups in total. The van der Waals surface area contributed by atoms with Crippen LogP contribution in [0.1, 0.15) is 0 Å². The SMILES string of the molecule is c1ccc(-c2cc(-n3c4ccccc4c4c3ccc3c5ccccc5n(-c5ccccc5)c34)nc(-c3ccc4c(c3)sc3ccccc34)n2)cc1.c1ccc(-c2cc(-n3c4ccccc4c4cc5oc6ccccc6c5cc43)nc(-c3ccc4sc5ccccc5c4c3)n2)cc1.c1ccc(-c2ccc(-c3cc(-n4c5ccccc5c5cc6sc7ccccc7c6cc54)nc(-c4cccc5sc6ccccc6c45)n3)cc2)cc1. The fourth-order valence-electron chi connectivity index (χ4n) is 22.3. The van der Waals surface area contributed by atoms with Gasteiger partial charge in [-0.05, 0) is 139 Å². The third-order valence-corrected chi connectivity index (χ3v) is 33.5. The van der Waals surface area contributed by atoms with E-state index in [0.717, 1.165) is 145 Å². The predicted molar refractivity (Wildman–Crippen MR) is 620 cm³/mol. The van der Waals surface area contributed by atoms with Crippen molar-refractivity contribution in [3.8, 4) is 102 Å². The second-order valence-electron chi connectivity index (χ2n) is 37.4. The van der Waals surface area contributed by atoms with Gasteiger partial charge in [0.05, 0.1) is 61.2 Å². The number of benzene rings is 20. The molecule has 12 aromatic heterocycles. The Balaban J connectivity index is 0.000000102. The molecule has 12 heterocycles. The Morgan fingerprint density at radius 2 is 0.544 bits per heavy atom. The Morgan fingerprint density at radius 3 is 1.15 bits per heavy atom. The minimum atomic E-state index is 0.698. The molecule has 11 nitrogen and oxygen atoms in total. The number of nitrogens with zero attached hydrogens (tertiary/aromatic N) is 10. The molecule has 0 atom stereocenters. The van der Waals surface area contributed by atoms with Crippen LogP contribution in [-0.2, 0) is 0 Å². The number of hydrogen-bond acceptors (Lipinski definition) is 11. The normalized spacial score (nSPS) is 11.9. The molecule has 0 aliphatic carbocycles. The lowest BCUT2D eigenvalue weighted by molar-refractivity contribution is 0.669. The Morgan fingerprint density at radius 1 is 0.170 bits per heavy atom. The van der Waals surface area contributed by atoms with Crippen molar-refractivity contribution in [1.82, 2.24) is 48.2 Å². The zero-order valence-electron chi connectivity index (χ0n) is 78.5. The highest BCUT2D eigenvalue weighted by Crippen LogP contribution is 2.49. The summed E-state index contributed by atoms with van der Waals surface area (Å²) in [7, 11) is 0. The molecule has 32 rings (SSSR count). The molecule has 0 unspecified atom stereocenters. The van der Waals surface area contributed by atoms with Gasteiger partial charge in [0.1, 0.15) is 28.6 Å². The topological polar surface area (TPSA) is 110 Å². The summed E-state index contributed by atoms with van der Waals surface area (Å²) in [5.41, 5.74) is 23.2. The first-order valence-electron chi connectivity index (χ1n) is 49.2. The summed E-state index contributed by atoms with van der Waals surface area (Å²) in [6.07, 6.45) is 0. The lowest BCUT2D eigenvalue weighted by Crippen LogP contribution is -2.02. The van der Waals surface area contributed by atoms with Crippen LogP contribution in [0.3, 0.4) is 0 Å². The van der Waals surface area contributed by atoms with Crippen LogP contribution in [0.2, 0.25) is 0 Å². The molecule has 0 bridgehead atoms. The van der Waals surface area contributed by atoms with Gasteiger partial charge in [0.25, 0.3) is 0 Å². The summed E-state index contributed by atoms with van der Waals surface area (Å²) in [5.74, 6) is 4.64.